The van der Waals surface area contributed by atoms with Crippen LogP contribution in [-0.4, -0.2) is 65.3 Å². The molecule has 12 nitrogen and oxygen atoms in total. The molecule has 0 saturated heterocycles. The number of fused-ring (bicyclic) bond motifs is 5. The summed E-state index contributed by atoms with van der Waals surface area (Å²) in [6, 6.07) is 31.1. The first kappa shape index (κ1) is 78.9. The molecule has 4 aromatic rings. The molecular formula is C79H122N2O10P2. The van der Waals surface area contributed by atoms with Gasteiger partial charge >= 0.3 is 19.6 Å². The standard InChI is InChI=1S/C76H110N2O10P2.3CH4/c1-10-11-12-21-55-85-90(77-8,86-56-23-16-14-20-52-82-68-40-31-62(32-41-68)64-35-44-70(45-36-64)88-74(80)59(4)5)78-89(9,83-53-22-15-13-19-51-81-67-38-29-61(30-39-67)63-33-42-69(43-34-63)87-73(79)58(2)3)84-54-24-17-18-26-60-47-49-75(6)66(57-60)48-50-76(7)71-28-25-27-65(71)37-46-72(75)76;;;/h29-36,38-45,60,65-66,71-72H,2,4,10-28,37,46-57H2,1,3,5-9H3;3*1H4/t60?,65?,66?,71?,72?,75-,76-,89?,90?;;;/m0.../s1. The molecule has 93 heavy (non-hydrogen) atoms. The fourth-order valence-corrected chi connectivity index (χ4v) is 20.1. The van der Waals surface area contributed by atoms with Crippen molar-refractivity contribution < 1.29 is 46.6 Å². The van der Waals surface area contributed by atoms with Gasteiger partial charge in [0.1, 0.15) is 23.0 Å². The molecule has 518 valence electrons. The Morgan fingerprint density at radius 2 is 0.925 bits per heavy atom. The third-order valence-corrected chi connectivity index (χ3v) is 25.4. The molecule has 14 heteroatoms. The molecule has 7 unspecified atom stereocenters. The maximum atomic E-state index is 11.9. The average Bonchev–Trinajstić information content (AvgIpc) is 1.68. The van der Waals surface area contributed by atoms with E-state index in [1.807, 2.05) is 60.7 Å². The Hall–Kier alpha value is -4.80. The molecule has 0 aromatic heterocycles. The first-order chi connectivity index (χ1) is 43.5. The van der Waals surface area contributed by atoms with Crippen LogP contribution in [0.1, 0.15) is 224 Å². The highest BCUT2D eigenvalue weighted by Crippen LogP contribution is 2.69. The number of nitrogens with zero attached hydrogens (tertiary/aromatic N) is 2. The van der Waals surface area contributed by atoms with E-state index in [9.17, 15) is 9.59 Å². The smallest absolute Gasteiger partial charge is 0.338 e. The van der Waals surface area contributed by atoms with E-state index in [4.69, 9.17) is 46.3 Å². The molecule has 4 aromatic carbocycles. The molecule has 0 heterocycles. The van der Waals surface area contributed by atoms with E-state index in [1.54, 1.807) is 45.2 Å². The van der Waals surface area contributed by atoms with Crippen molar-refractivity contribution in [2.45, 2.75) is 224 Å². The van der Waals surface area contributed by atoms with Crippen molar-refractivity contribution in [2.24, 2.45) is 49.7 Å². The van der Waals surface area contributed by atoms with Crippen LogP contribution < -0.4 is 18.9 Å². The van der Waals surface area contributed by atoms with E-state index in [2.05, 4.69) is 52.7 Å². The lowest BCUT2D eigenvalue weighted by molar-refractivity contribution is -0.145. The molecule has 4 aliphatic rings. The predicted molar refractivity (Wildman–Crippen MR) is 390 cm³/mol. The van der Waals surface area contributed by atoms with Crippen molar-refractivity contribution in [2.75, 3.05) is 53.4 Å². The Kier molecular flexibility index (Phi) is 33.4. The summed E-state index contributed by atoms with van der Waals surface area (Å²) in [6.07, 6.45) is 31.3. The zero-order chi connectivity index (χ0) is 63.8. The Morgan fingerprint density at radius 1 is 0.505 bits per heavy atom. The lowest BCUT2D eigenvalue weighted by Crippen LogP contribution is -2.56. The summed E-state index contributed by atoms with van der Waals surface area (Å²) in [5.74, 6) is 6.48. The lowest BCUT2D eigenvalue weighted by atomic mass is 9.41. The summed E-state index contributed by atoms with van der Waals surface area (Å²) in [6.45, 7) is 23.7. The van der Waals surface area contributed by atoms with Gasteiger partial charge in [-0.3, -0.25) is 0 Å². The van der Waals surface area contributed by atoms with Gasteiger partial charge in [0, 0.05) is 24.9 Å². The summed E-state index contributed by atoms with van der Waals surface area (Å²) in [4.78, 5) is 23.9. The quantitative estimate of drug-likeness (QED) is 0.0140. The highest BCUT2D eigenvalue weighted by molar-refractivity contribution is 7.67. The van der Waals surface area contributed by atoms with Crippen LogP contribution in [0.3, 0.4) is 0 Å². The van der Waals surface area contributed by atoms with Crippen LogP contribution in [0.2, 0.25) is 0 Å². The minimum Gasteiger partial charge on any atom is -0.494 e. The van der Waals surface area contributed by atoms with E-state index in [-0.39, 0.29) is 22.3 Å². The van der Waals surface area contributed by atoms with Gasteiger partial charge in [-0.25, -0.2) is 14.3 Å². The van der Waals surface area contributed by atoms with Gasteiger partial charge in [0.05, 0.1) is 39.6 Å². The minimum absolute atomic E-state index is 0. The van der Waals surface area contributed by atoms with Crippen LogP contribution in [-0.2, 0) is 27.7 Å². The number of ether oxygens (including phenoxy) is 4. The second-order valence-electron chi connectivity index (χ2n) is 27.1. The Bertz CT molecular complexity index is 3000. The highest BCUT2D eigenvalue weighted by Gasteiger charge is 2.60. The molecular weight excluding hydrogens is 1200 g/mol. The van der Waals surface area contributed by atoms with Gasteiger partial charge in [0.2, 0.25) is 7.51 Å². The molecule has 4 aliphatic carbocycles. The topological polar surface area (TPSA) is 133 Å². The SMILES string of the molecule is C.C.C.C=C(C)C(=O)Oc1ccc(-c2ccc(OCCCCCCOP(C)(=NP(=NC)(OCCCCCC)OCCCCCCOc3ccc(-c4ccc(OC(=O)C(=C)C)cc4)cc3)OCCCCCC3CC[C@@]4(C)C(CC[C@@]5(C)C6CCCC6CCC45)C3)cc2)cc1. The second kappa shape index (κ2) is 39.4. The number of hydrogen-bond donors (Lipinski definition) is 0. The van der Waals surface area contributed by atoms with Crippen molar-refractivity contribution in [3.8, 4) is 45.3 Å². The van der Waals surface area contributed by atoms with Crippen LogP contribution in [0.4, 0.5) is 0 Å². The summed E-state index contributed by atoms with van der Waals surface area (Å²) in [7, 11) is -4.09. The number of unbranched alkanes of at least 4 members (excludes halogenated alkanes) is 11. The number of hydrogen-bond acceptors (Lipinski definition) is 11. The van der Waals surface area contributed by atoms with E-state index in [0.717, 1.165) is 153 Å². The molecule has 8 rings (SSSR count). The van der Waals surface area contributed by atoms with Gasteiger partial charge in [-0.05, 0) is 228 Å². The van der Waals surface area contributed by atoms with Crippen LogP contribution in [0.5, 0.6) is 23.0 Å². The molecule has 4 saturated carbocycles. The largest absolute Gasteiger partial charge is 0.494 e. The monoisotopic (exact) mass is 1320 g/mol. The number of benzene rings is 4. The molecule has 0 radical (unpaired) electrons. The Morgan fingerprint density at radius 3 is 1.38 bits per heavy atom. The maximum absolute atomic E-state index is 11.9. The normalized spacial score (nSPS) is 22.5. The zero-order valence-electron chi connectivity index (χ0n) is 56.0. The maximum Gasteiger partial charge on any atom is 0.338 e. The van der Waals surface area contributed by atoms with Crippen molar-refractivity contribution in [3.63, 3.8) is 0 Å². The second-order valence-corrected chi connectivity index (χ2v) is 31.8. The van der Waals surface area contributed by atoms with E-state index >= 15 is 0 Å². The lowest BCUT2D eigenvalue weighted by Gasteiger charge is -2.64. The van der Waals surface area contributed by atoms with Crippen LogP contribution >= 0.6 is 15.2 Å². The third-order valence-electron chi connectivity index (χ3n) is 20.4. The van der Waals surface area contributed by atoms with Gasteiger partial charge in [-0.2, -0.15) is 4.52 Å². The van der Waals surface area contributed by atoms with Crippen LogP contribution in [0.25, 0.3) is 22.3 Å². The molecule has 0 N–H and O–H groups in total. The van der Waals surface area contributed by atoms with Crippen molar-refractivity contribution in [1.82, 2.24) is 0 Å². The number of rotatable bonds is 38. The Labute approximate surface area is 564 Å². The molecule has 0 spiro atoms. The van der Waals surface area contributed by atoms with E-state index in [1.165, 1.54) is 77.0 Å². The van der Waals surface area contributed by atoms with Crippen LogP contribution in [0.15, 0.2) is 131 Å². The number of carbonyl (C=O) groups excluding carboxylic acids is 2. The third kappa shape index (κ3) is 23.2. The van der Waals surface area contributed by atoms with Crippen molar-refractivity contribution >= 4 is 27.1 Å². The average molecular weight is 1320 g/mol. The highest BCUT2D eigenvalue weighted by atomic mass is 31.2. The number of carbonyl (C=O) groups is 2. The van der Waals surface area contributed by atoms with Gasteiger partial charge < -0.3 is 37.0 Å². The van der Waals surface area contributed by atoms with Gasteiger partial charge in [0.15, 0.2) is 0 Å². The molecule has 9 atom stereocenters. The number of esters is 2. The predicted octanol–water partition coefficient (Wildman–Crippen LogP) is 24.0. The summed E-state index contributed by atoms with van der Waals surface area (Å²) in [5.41, 5.74) is 6.00. The van der Waals surface area contributed by atoms with Gasteiger partial charge in [-0.1, -0.05) is 169 Å². The fraction of sp³-hybridized carbons (Fsp3) is 0.620. The summed E-state index contributed by atoms with van der Waals surface area (Å²) < 4.78 is 60.4. The molecule has 0 amide bonds. The first-order valence-corrected chi connectivity index (χ1v) is 38.2. The van der Waals surface area contributed by atoms with Crippen molar-refractivity contribution in [1.29, 1.82) is 0 Å². The summed E-state index contributed by atoms with van der Waals surface area (Å²) >= 11 is 0. The van der Waals surface area contributed by atoms with Crippen molar-refractivity contribution in [3.05, 3.63) is 121 Å². The zero-order valence-corrected chi connectivity index (χ0v) is 57.8. The molecule has 4 fully saturated rings. The molecule has 0 aliphatic heterocycles. The van der Waals surface area contributed by atoms with Gasteiger partial charge in [0.25, 0.3) is 0 Å². The van der Waals surface area contributed by atoms with E-state index in [0.29, 0.717) is 73.1 Å². The Balaban J connectivity index is 0.00000523. The van der Waals surface area contributed by atoms with E-state index < -0.39 is 27.1 Å². The fourth-order valence-electron chi connectivity index (χ4n) is 15.2. The first-order valence-electron chi connectivity index (χ1n) is 34.7. The minimum atomic E-state index is -3.07. The summed E-state index contributed by atoms with van der Waals surface area (Å²) in [5, 5.41) is 0. The van der Waals surface area contributed by atoms with Gasteiger partial charge in [-0.15, -0.1) is 0 Å². The molecule has 0 bridgehead atoms. The van der Waals surface area contributed by atoms with Crippen LogP contribution in [0, 0.1) is 40.4 Å².